The van der Waals surface area contributed by atoms with Crippen molar-refractivity contribution in [3.8, 4) is 17.2 Å². The zero-order valence-electron chi connectivity index (χ0n) is 21.4. The van der Waals surface area contributed by atoms with Crippen LogP contribution in [0.25, 0.3) is 5.76 Å². The second-order valence-corrected chi connectivity index (χ2v) is 8.40. The number of anilines is 1. The molecular weight excluding hydrogens is 490 g/mol. The van der Waals surface area contributed by atoms with E-state index in [-0.39, 0.29) is 29.1 Å². The van der Waals surface area contributed by atoms with Crippen molar-refractivity contribution in [2.45, 2.75) is 12.5 Å². The number of methoxy groups -OCH3 is 4. The van der Waals surface area contributed by atoms with Crippen LogP contribution in [0.4, 0.5) is 5.69 Å². The van der Waals surface area contributed by atoms with E-state index in [0.29, 0.717) is 22.6 Å². The third-order valence-electron chi connectivity index (χ3n) is 6.31. The normalized spacial score (nSPS) is 16.3. The highest BCUT2D eigenvalue weighted by Gasteiger charge is 2.47. The Hall–Kier alpha value is -4.79. The van der Waals surface area contributed by atoms with Crippen LogP contribution in [0.5, 0.6) is 17.2 Å². The van der Waals surface area contributed by atoms with Gasteiger partial charge in [0.25, 0.3) is 11.7 Å². The number of benzene rings is 3. The molecule has 196 valence electrons. The van der Waals surface area contributed by atoms with E-state index in [9.17, 15) is 19.5 Å². The van der Waals surface area contributed by atoms with Crippen molar-refractivity contribution >= 4 is 29.1 Å². The lowest BCUT2D eigenvalue weighted by Crippen LogP contribution is -2.29. The van der Waals surface area contributed by atoms with Crippen molar-refractivity contribution in [1.29, 1.82) is 0 Å². The molecular formula is C29H27NO8. The smallest absolute Gasteiger partial charge is 0.309 e. The van der Waals surface area contributed by atoms with Crippen molar-refractivity contribution in [3.05, 3.63) is 89.0 Å². The predicted molar refractivity (Wildman–Crippen MR) is 139 cm³/mol. The van der Waals surface area contributed by atoms with E-state index in [0.717, 1.165) is 0 Å². The highest BCUT2D eigenvalue weighted by Crippen LogP contribution is 2.45. The molecule has 3 aromatic rings. The Balaban J connectivity index is 1.93. The van der Waals surface area contributed by atoms with Crippen molar-refractivity contribution in [2.75, 3.05) is 33.3 Å². The Morgan fingerprint density at radius 2 is 1.50 bits per heavy atom. The summed E-state index contributed by atoms with van der Waals surface area (Å²) >= 11 is 0. The number of rotatable bonds is 8. The molecule has 1 fully saturated rings. The van der Waals surface area contributed by atoms with Gasteiger partial charge in [0.05, 0.1) is 46.5 Å². The van der Waals surface area contributed by atoms with Gasteiger partial charge in [0.2, 0.25) is 0 Å². The van der Waals surface area contributed by atoms with Gasteiger partial charge in [0.15, 0.2) is 0 Å². The van der Waals surface area contributed by atoms with E-state index in [1.807, 2.05) is 0 Å². The molecule has 1 amide bonds. The molecule has 4 rings (SSSR count). The molecule has 3 aromatic carbocycles. The van der Waals surface area contributed by atoms with Crippen LogP contribution in [0.3, 0.4) is 0 Å². The minimum absolute atomic E-state index is 0.0580. The second-order valence-electron chi connectivity index (χ2n) is 8.40. The van der Waals surface area contributed by atoms with Crippen molar-refractivity contribution in [3.63, 3.8) is 0 Å². The van der Waals surface area contributed by atoms with Crippen LogP contribution >= 0.6 is 0 Å². The van der Waals surface area contributed by atoms with Gasteiger partial charge in [-0.15, -0.1) is 0 Å². The average Bonchev–Trinajstić information content (AvgIpc) is 3.22. The average molecular weight is 518 g/mol. The number of hydrogen-bond acceptors (Lipinski definition) is 8. The van der Waals surface area contributed by atoms with Gasteiger partial charge in [-0.3, -0.25) is 19.3 Å². The van der Waals surface area contributed by atoms with Gasteiger partial charge in [-0.25, -0.2) is 0 Å². The summed E-state index contributed by atoms with van der Waals surface area (Å²) in [5, 5.41) is 11.6. The van der Waals surface area contributed by atoms with Crippen LogP contribution in [0, 0.1) is 0 Å². The molecule has 0 saturated carbocycles. The van der Waals surface area contributed by atoms with Crippen LogP contribution in [0.1, 0.15) is 22.7 Å². The number of aliphatic hydroxyl groups excluding tert-OH is 1. The van der Waals surface area contributed by atoms with Gasteiger partial charge < -0.3 is 24.1 Å². The first-order valence-electron chi connectivity index (χ1n) is 11.7. The molecule has 38 heavy (non-hydrogen) atoms. The number of amides is 1. The molecule has 9 nitrogen and oxygen atoms in total. The quantitative estimate of drug-likeness (QED) is 0.206. The summed E-state index contributed by atoms with van der Waals surface area (Å²) in [4.78, 5) is 40.0. The van der Waals surface area contributed by atoms with Crippen molar-refractivity contribution < 1.29 is 38.4 Å². The van der Waals surface area contributed by atoms with E-state index in [2.05, 4.69) is 0 Å². The fraction of sp³-hybridized carbons (Fsp3) is 0.207. The molecule has 1 aliphatic rings. The zero-order chi connectivity index (χ0) is 27.4. The summed E-state index contributed by atoms with van der Waals surface area (Å²) < 4.78 is 21.0. The van der Waals surface area contributed by atoms with Crippen LogP contribution in [-0.4, -0.2) is 51.2 Å². The number of Topliss-reactive ketones (excluding diaryl/α,β-unsaturated/α-hetero) is 1. The third kappa shape index (κ3) is 4.78. The maximum absolute atomic E-state index is 13.5. The van der Waals surface area contributed by atoms with Crippen LogP contribution < -0.4 is 19.1 Å². The maximum atomic E-state index is 13.5. The van der Waals surface area contributed by atoms with Gasteiger partial charge >= 0.3 is 5.97 Å². The molecule has 0 spiro atoms. The standard InChI is InChI=1S/C29H27NO8/c1-35-20-8-5-7-18(16-20)26-25(27(32)24-21(36-2)9-6-10-22(24)37-3)28(33)29(34)30(26)19-13-11-17(12-14-19)15-23(31)38-4/h5-14,16,26,32H,15H2,1-4H3/b27-25+. The minimum Gasteiger partial charge on any atom is -0.506 e. The molecule has 1 aliphatic heterocycles. The summed E-state index contributed by atoms with van der Waals surface area (Å²) in [6, 6.07) is 17.5. The van der Waals surface area contributed by atoms with Gasteiger partial charge in [-0.1, -0.05) is 30.3 Å². The molecule has 0 aliphatic carbocycles. The second kappa shape index (κ2) is 11.1. The number of hydrogen-bond donors (Lipinski definition) is 1. The van der Waals surface area contributed by atoms with Crippen molar-refractivity contribution in [1.82, 2.24) is 0 Å². The lowest BCUT2D eigenvalue weighted by molar-refractivity contribution is -0.139. The molecule has 0 bridgehead atoms. The number of nitrogens with zero attached hydrogens (tertiary/aromatic N) is 1. The Bertz CT molecular complexity index is 1390. The van der Waals surface area contributed by atoms with E-state index in [1.165, 1.54) is 33.3 Å². The number of carbonyl (C=O) groups is 3. The lowest BCUT2D eigenvalue weighted by Gasteiger charge is -2.26. The first kappa shape index (κ1) is 26.3. The highest BCUT2D eigenvalue weighted by atomic mass is 16.5. The van der Waals surface area contributed by atoms with Gasteiger partial charge in [-0.05, 0) is 47.5 Å². The molecule has 0 radical (unpaired) electrons. The van der Waals surface area contributed by atoms with E-state index in [1.54, 1.807) is 66.7 Å². The molecule has 1 heterocycles. The molecule has 1 saturated heterocycles. The Morgan fingerprint density at radius 1 is 0.868 bits per heavy atom. The first-order valence-corrected chi connectivity index (χ1v) is 11.7. The fourth-order valence-corrected chi connectivity index (χ4v) is 4.46. The van der Waals surface area contributed by atoms with Gasteiger partial charge in [0, 0.05) is 5.69 Å². The molecule has 0 aromatic heterocycles. The zero-order valence-corrected chi connectivity index (χ0v) is 21.4. The Morgan fingerprint density at radius 3 is 2.08 bits per heavy atom. The summed E-state index contributed by atoms with van der Waals surface area (Å²) in [6.45, 7) is 0. The fourth-order valence-electron chi connectivity index (χ4n) is 4.46. The number of aliphatic hydroxyl groups is 1. The lowest BCUT2D eigenvalue weighted by atomic mass is 9.94. The van der Waals surface area contributed by atoms with E-state index >= 15 is 0 Å². The van der Waals surface area contributed by atoms with Gasteiger partial charge in [-0.2, -0.15) is 0 Å². The molecule has 1 unspecified atom stereocenters. The number of ketones is 1. The van der Waals surface area contributed by atoms with Crippen molar-refractivity contribution in [2.24, 2.45) is 0 Å². The van der Waals surface area contributed by atoms with Crippen LogP contribution in [0.15, 0.2) is 72.3 Å². The molecule has 1 N–H and O–H groups in total. The highest BCUT2D eigenvalue weighted by molar-refractivity contribution is 6.51. The first-order chi connectivity index (χ1) is 18.3. The summed E-state index contributed by atoms with van der Waals surface area (Å²) in [7, 11) is 5.68. The summed E-state index contributed by atoms with van der Waals surface area (Å²) in [5.41, 5.74) is 1.63. The Labute approximate surface area is 219 Å². The maximum Gasteiger partial charge on any atom is 0.309 e. The predicted octanol–water partition coefficient (Wildman–Crippen LogP) is 4.05. The number of esters is 1. The number of ether oxygens (including phenoxy) is 4. The topological polar surface area (TPSA) is 112 Å². The van der Waals surface area contributed by atoms with Gasteiger partial charge in [0.1, 0.15) is 28.6 Å². The summed E-state index contributed by atoms with van der Waals surface area (Å²) in [5.74, 6) is -1.49. The third-order valence-corrected chi connectivity index (χ3v) is 6.31. The van der Waals surface area contributed by atoms with Crippen LogP contribution in [0.2, 0.25) is 0 Å². The van der Waals surface area contributed by atoms with Crippen LogP contribution in [-0.2, 0) is 25.5 Å². The Kier molecular flexibility index (Phi) is 7.66. The molecule has 1 atom stereocenters. The molecule has 9 heteroatoms. The number of carbonyl (C=O) groups excluding carboxylic acids is 3. The monoisotopic (exact) mass is 517 g/mol. The minimum atomic E-state index is -0.994. The van der Waals surface area contributed by atoms with E-state index in [4.69, 9.17) is 18.9 Å². The largest absolute Gasteiger partial charge is 0.506 e. The van der Waals surface area contributed by atoms with E-state index < -0.39 is 29.5 Å². The summed E-state index contributed by atoms with van der Waals surface area (Å²) in [6.07, 6.45) is 0.0580. The SMILES string of the molecule is COC(=O)Cc1ccc(N2C(=O)C(=O)/C(=C(/O)c3c(OC)cccc3OC)C2c2cccc(OC)c2)cc1.